The maximum absolute atomic E-state index is 6.56. The van der Waals surface area contributed by atoms with Crippen molar-refractivity contribution < 1.29 is 8.85 Å². The zero-order valence-electron chi connectivity index (χ0n) is 22.2. The van der Waals surface area contributed by atoms with E-state index in [1.165, 1.54) is 17.6 Å². The van der Waals surface area contributed by atoms with Gasteiger partial charge in [0.1, 0.15) is 0 Å². The first-order chi connectivity index (χ1) is 14.2. The Morgan fingerprint density at radius 1 is 0.806 bits per heavy atom. The van der Waals surface area contributed by atoms with Gasteiger partial charge >= 0.3 is 0 Å². The van der Waals surface area contributed by atoms with Crippen molar-refractivity contribution in [3.05, 3.63) is 47.5 Å². The number of hydrogen-bond donors (Lipinski definition) is 0. The lowest BCUT2D eigenvalue weighted by Gasteiger charge is -2.36. The van der Waals surface area contributed by atoms with Crippen molar-refractivity contribution in [3.63, 3.8) is 0 Å². The first-order valence-corrected chi connectivity index (χ1v) is 18.0. The van der Waals surface area contributed by atoms with Crippen molar-refractivity contribution in [2.75, 3.05) is 13.2 Å². The van der Waals surface area contributed by atoms with Crippen LogP contribution in [-0.2, 0) is 15.3 Å². The molecule has 4 heteroatoms. The van der Waals surface area contributed by atoms with E-state index in [-0.39, 0.29) is 10.1 Å². The molecule has 1 aromatic rings. The predicted octanol–water partition coefficient (Wildman–Crippen LogP) is 8.76. The van der Waals surface area contributed by atoms with Crippen LogP contribution < -0.4 is 0 Å². The molecular weight excluding hydrogens is 412 g/mol. The summed E-state index contributed by atoms with van der Waals surface area (Å²) in [4.78, 5) is 0. The van der Waals surface area contributed by atoms with Crippen LogP contribution in [-0.4, -0.2) is 29.8 Å². The summed E-state index contributed by atoms with van der Waals surface area (Å²) in [6.07, 6.45) is 8.04. The fourth-order valence-corrected chi connectivity index (χ4v) is 4.88. The van der Waals surface area contributed by atoms with Crippen LogP contribution in [0.1, 0.15) is 72.8 Å². The maximum Gasteiger partial charge on any atom is 0.192 e. The Morgan fingerprint density at radius 2 is 1.35 bits per heavy atom. The normalized spacial score (nSPS) is 14.2. The molecule has 1 rings (SSSR count). The minimum Gasteiger partial charge on any atom is -0.417 e. The van der Waals surface area contributed by atoms with Gasteiger partial charge in [0, 0.05) is 6.61 Å². The summed E-state index contributed by atoms with van der Waals surface area (Å²) in [5, 5.41) is 0.533. The molecule has 0 unspecified atom stereocenters. The molecule has 0 aromatic heterocycles. The van der Waals surface area contributed by atoms with Gasteiger partial charge in [-0.25, -0.2) is 0 Å². The first kappa shape index (κ1) is 28.3. The molecular formula is C27H50O2Si2. The second kappa shape index (κ2) is 12.0. The molecule has 0 radical (unpaired) electrons. The summed E-state index contributed by atoms with van der Waals surface area (Å²) < 4.78 is 12.9. The molecule has 0 amide bonds. The molecule has 2 nitrogen and oxygen atoms in total. The van der Waals surface area contributed by atoms with Gasteiger partial charge in [-0.1, -0.05) is 78.0 Å². The Kier molecular flexibility index (Phi) is 10.9. The van der Waals surface area contributed by atoms with E-state index in [0.29, 0.717) is 0 Å². The van der Waals surface area contributed by atoms with Crippen LogP contribution in [0.15, 0.2) is 42.0 Å². The van der Waals surface area contributed by atoms with Gasteiger partial charge in [-0.05, 0) is 79.5 Å². The molecule has 0 N–H and O–H groups in total. The van der Waals surface area contributed by atoms with Gasteiger partial charge in [-0.2, -0.15) is 0 Å². The van der Waals surface area contributed by atoms with Crippen LogP contribution in [0.5, 0.6) is 0 Å². The topological polar surface area (TPSA) is 18.5 Å². The van der Waals surface area contributed by atoms with Crippen LogP contribution in [0, 0.1) is 0 Å². The number of unbranched alkanes of at least 4 members (excludes halogenated alkanes) is 1. The Hall–Kier alpha value is -0.686. The molecule has 0 atom stereocenters. The van der Waals surface area contributed by atoms with Crippen LogP contribution in [0.4, 0.5) is 0 Å². The molecule has 0 aliphatic heterocycles. The van der Waals surface area contributed by atoms with E-state index >= 15 is 0 Å². The highest BCUT2D eigenvalue weighted by molar-refractivity contribution is 6.74. The highest BCUT2D eigenvalue weighted by atomic mass is 28.4. The van der Waals surface area contributed by atoms with Gasteiger partial charge in [-0.3, -0.25) is 0 Å². The molecule has 0 bridgehead atoms. The van der Waals surface area contributed by atoms with E-state index in [9.17, 15) is 0 Å². The highest BCUT2D eigenvalue weighted by Gasteiger charge is 2.37. The summed E-state index contributed by atoms with van der Waals surface area (Å²) in [6.45, 7) is 24.9. The Morgan fingerprint density at radius 3 is 1.90 bits per heavy atom. The molecule has 0 spiro atoms. The van der Waals surface area contributed by atoms with E-state index in [0.717, 1.165) is 38.9 Å². The molecule has 31 heavy (non-hydrogen) atoms. The largest absolute Gasteiger partial charge is 0.417 e. The van der Waals surface area contributed by atoms with Crippen LogP contribution >= 0.6 is 0 Å². The number of hydrogen-bond acceptors (Lipinski definition) is 2. The molecule has 0 aliphatic carbocycles. The predicted molar refractivity (Wildman–Crippen MR) is 143 cm³/mol. The molecule has 0 heterocycles. The molecule has 178 valence electrons. The number of rotatable bonds is 12. The summed E-state index contributed by atoms with van der Waals surface area (Å²) >= 11 is 0. The molecule has 0 aliphatic rings. The lowest BCUT2D eigenvalue weighted by Crippen LogP contribution is -2.41. The fraction of sp³-hybridized carbons (Fsp3) is 0.704. The third-order valence-electron chi connectivity index (χ3n) is 7.29. The monoisotopic (exact) mass is 462 g/mol. The summed E-state index contributed by atoms with van der Waals surface area (Å²) in [5.74, 6) is 0. The van der Waals surface area contributed by atoms with E-state index < -0.39 is 16.6 Å². The Bertz CT molecular complexity index is 665. The third kappa shape index (κ3) is 10.2. The molecule has 0 saturated heterocycles. The minimum absolute atomic E-state index is 0.249. The molecule has 1 aromatic carbocycles. The zero-order valence-corrected chi connectivity index (χ0v) is 24.2. The van der Waals surface area contributed by atoms with Crippen LogP contribution in [0.25, 0.3) is 0 Å². The van der Waals surface area contributed by atoms with Crippen molar-refractivity contribution in [2.24, 2.45) is 0 Å². The number of benzene rings is 1. The second-order valence-corrected chi connectivity index (χ2v) is 21.6. The summed E-state index contributed by atoms with van der Waals surface area (Å²) in [7, 11) is -3.37. The van der Waals surface area contributed by atoms with Crippen molar-refractivity contribution in [3.8, 4) is 0 Å². The first-order valence-electron chi connectivity index (χ1n) is 12.2. The lowest BCUT2D eigenvalue weighted by molar-refractivity contribution is 0.276. The zero-order chi connectivity index (χ0) is 23.8. The van der Waals surface area contributed by atoms with Crippen molar-refractivity contribution in [1.29, 1.82) is 0 Å². The maximum atomic E-state index is 6.56. The second-order valence-electron chi connectivity index (χ2n) is 12.0. The Labute approximate surface area is 196 Å². The van der Waals surface area contributed by atoms with Gasteiger partial charge in [0.05, 0.1) is 6.61 Å². The standard InChI is InChI=1S/C27H50O2Si2/c1-26(2,3)30(7,8)28-22-15-14-19-25(23-29-31(9,10)27(4,5)6)21-16-20-24-17-12-11-13-18-24/h11-13,17-18,21H,14-16,19-20,22-23H2,1-10H3/b25-21-. The van der Waals surface area contributed by atoms with Gasteiger partial charge in [0.2, 0.25) is 0 Å². The van der Waals surface area contributed by atoms with Gasteiger partial charge in [0.25, 0.3) is 0 Å². The summed E-state index contributed by atoms with van der Waals surface area (Å²) in [5.41, 5.74) is 2.87. The smallest absolute Gasteiger partial charge is 0.192 e. The minimum atomic E-state index is -1.73. The number of allylic oxidation sites excluding steroid dienone is 1. The average molecular weight is 463 g/mol. The van der Waals surface area contributed by atoms with Crippen molar-refractivity contribution in [2.45, 2.75) is 110 Å². The quantitative estimate of drug-likeness (QED) is 0.175. The van der Waals surface area contributed by atoms with Gasteiger partial charge < -0.3 is 8.85 Å². The van der Waals surface area contributed by atoms with Gasteiger partial charge in [-0.15, -0.1) is 0 Å². The van der Waals surface area contributed by atoms with E-state index in [4.69, 9.17) is 8.85 Å². The van der Waals surface area contributed by atoms with Crippen molar-refractivity contribution in [1.82, 2.24) is 0 Å². The van der Waals surface area contributed by atoms with Crippen LogP contribution in [0.2, 0.25) is 36.3 Å². The van der Waals surface area contributed by atoms with E-state index in [2.05, 4.69) is 104 Å². The number of aryl methyl sites for hydroxylation is 1. The average Bonchev–Trinajstić information content (AvgIpc) is 2.64. The fourth-order valence-electron chi connectivity index (χ4n) is 2.81. The van der Waals surface area contributed by atoms with Crippen molar-refractivity contribution >= 4 is 16.6 Å². The molecule has 0 fully saturated rings. The molecule has 0 saturated carbocycles. The Balaban J connectivity index is 2.62. The van der Waals surface area contributed by atoms with E-state index in [1.807, 2.05) is 0 Å². The van der Waals surface area contributed by atoms with Gasteiger partial charge in [0.15, 0.2) is 16.6 Å². The third-order valence-corrected chi connectivity index (χ3v) is 16.3. The highest BCUT2D eigenvalue weighted by Crippen LogP contribution is 2.37. The SMILES string of the molecule is CC(C)(C)[Si](C)(C)OCCCC/C(=C/CCc1ccccc1)CO[Si](C)(C)C(C)(C)C. The lowest BCUT2D eigenvalue weighted by atomic mass is 10.1. The van der Waals surface area contributed by atoms with Crippen LogP contribution in [0.3, 0.4) is 0 Å². The van der Waals surface area contributed by atoms with E-state index in [1.54, 1.807) is 0 Å². The summed E-state index contributed by atoms with van der Waals surface area (Å²) in [6, 6.07) is 10.8.